The lowest BCUT2D eigenvalue weighted by atomic mass is 9.97. The first-order valence-electron chi connectivity index (χ1n) is 13.8. The minimum atomic E-state index is -0.883. The van der Waals surface area contributed by atoms with Crippen molar-refractivity contribution in [3.63, 3.8) is 0 Å². The van der Waals surface area contributed by atoms with E-state index in [1.165, 1.54) is 18.9 Å². The Bertz CT molecular complexity index is 954. The van der Waals surface area contributed by atoms with E-state index in [4.69, 9.17) is 11.6 Å². The number of likely N-dealkylation sites (tertiary alicyclic amines) is 1. The Balaban J connectivity index is 2.67. The zero-order valence-corrected chi connectivity index (χ0v) is 25.2. The van der Waals surface area contributed by atoms with E-state index in [1.54, 1.807) is 13.8 Å². The molecule has 11 nitrogen and oxygen atoms in total. The molecule has 0 bridgehead atoms. The van der Waals surface area contributed by atoms with Gasteiger partial charge >= 0.3 is 5.97 Å². The van der Waals surface area contributed by atoms with Crippen molar-refractivity contribution in [3.05, 3.63) is 0 Å². The number of carbonyl (C=O) groups is 7. The van der Waals surface area contributed by atoms with E-state index in [-0.39, 0.29) is 60.7 Å². The van der Waals surface area contributed by atoms with Crippen LogP contribution in [-0.4, -0.2) is 83.6 Å². The molecule has 226 valence electrons. The van der Waals surface area contributed by atoms with Crippen LogP contribution in [0.3, 0.4) is 0 Å². The molecule has 2 N–H and O–H groups in total. The molecule has 0 aliphatic carbocycles. The fraction of sp³-hybridized carbons (Fsp3) is 0.750. The topological polar surface area (TPSA) is 156 Å². The minimum Gasteiger partial charge on any atom is -0.469 e. The summed E-state index contributed by atoms with van der Waals surface area (Å²) in [5.74, 6) is -4.15. The van der Waals surface area contributed by atoms with Crippen LogP contribution in [0, 0.1) is 17.8 Å². The maximum Gasteiger partial charge on any atom is 0.305 e. The van der Waals surface area contributed by atoms with Gasteiger partial charge in [-0.3, -0.25) is 33.6 Å². The zero-order valence-electron chi connectivity index (χ0n) is 24.4. The summed E-state index contributed by atoms with van der Waals surface area (Å²) in [7, 11) is 1.23. The van der Waals surface area contributed by atoms with Gasteiger partial charge in [0.15, 0.2) is 11.6 Å². The molecule has 0 radical (unpaired) electrons. The van der Waals surface area contributed by atoms with Crippen LogP contribution in [0.5, 0.6) is 0 Å². The van der Waals surface area contributed by atoms with Crippen molar-refractivity contribution in [2.45, 2.75) is 97.7 Å². The van der Waals surface area contributed by atoms with Gasteiger partial charge in [-0.05, 0) is 32.1 Å². The highest BCUT2D eigenvalue weighted by Gasteiger charge is 2.38. The number of carbonyl (C=O) groups excluding carboxylic acids is 7. The van der Waals surface area contributed by atoms with Crippen LogP contribution < -0.4 is 10.6 Å². The molecule has 12 heteroatoms. The maximum atomic E-state index is 13.2. The Morgan fingerprint density at radius 3 is 2.12 bits per heavy atom. The summed E-state index contributed by atoms with van der Waals surface area (Å²) in [6.07, 6.45) is 1.19. The molecule has 1 rings (SSSR count). The third-order valence-corrected chi connectivity index (χ3v) is 7.23. The van der Waals surface area contributed by atoms with Gasteiger partial charge in [-0.1, -0.05) is 27.7 Å². The number of halogens is 1. The molecule has 0 saturated carbocycles. The standard InChI is InChI=1S/C28H44ClN3O8/c1-16(2)12-21(24(35)15-29)31-27(38)22-8-7-11-32(22)28(39)18(4)14-23(34)19(5)30-26(37)17(3)13-20(33)9-10-25(36)40-6/h16-19,21-22H,7-15H2,1-6H3,(H,30,37)(H,31,38)/t17-,18-,19-,21?,22+/m1/s1. The third kappa shape index (κ3) is 11.3. The predicted molar refractivity (Wildman–Crippen MR) is 148 cm³/mol. The van der Waals surface area contributed by atoms with Crippen LogP contribution in [0.2, 0.25) is 0 Å². The quantitative estimate of drug-likeness (QED) is 0.194. The summed E-state index contributed by atoms with van der Waals surface area (Å²) in [6, 6.07) is -2.35. The number of hydrogen-bond acceptors (Lipinski definition) is 8. The number of amides is 3. The van der Waals surface area contributed by atoms with Gasteiger partial charge in [-0.25, -0.2) is 0 Å². The van der Waals surface area contributed by atoms with Crippen LogP contribution >= 0.6 is 11.6 Å². The number of methoxy groups -OCH3 is 1. The second-order valence-corrected chi connectivity index (χ2v) is 11.3. The van der Waals surface area contributed by atoms with Gasteiger partial charge in [-0.2, -0.15) is 0 Å². The van der Waals surface area contributed by atoms with E-state index in [0.717, 1.165) is 0 Å². The zero-order chi connectivity index (χ0) is 30.6. The van der Waals surface area contributed by atoms with Crippen LogP contribution in [-0.2, 0) is 38.3 Å². The first-order valence-corrected chi connectivity index (χ1v) is 14.4. The van der Waals surface area contributed by atoms with Crippen molar-refractivity contribution in [1.29, 1.82) is 0 Å². The van der Waals surface area contributed by atoms with Crippen molar-refractivity contribution in [1.82, 2.24) is 15.5 Å². The van der Waals surface area contributed by atoms with Gasteiger partial charge in [0.05, 0.1) is 31.5 Å². The smallest absolute Gasteiger partial charge is 0.305 e. The van der Waals surface area contributed by atoms with Crippen LogP contribution in [0.1, 0.15) is 79.6 Å². The number of nitrogens with zero attached hydrogens (tertiary/aromatic N) is 1. The van der Waals surface area contributed by atoms with E-state index < -0.39 is 47.7 Å². The van der Waals surface area contributed by atoms with Crippen LogP contribution in [0.4, 0.5) is 0 Å². The summed E-state index contributed by atoms with van der Waals surface area (Å²) >= 11 is 5.71. The fourth-order valence-electron chi connectivity index (χ4n) is 4.57. The molecule has 3 amide bonds. The molecule has 1 aliphatic rings. The molecular weight excluding hydrogens is 542 g/mol. The van der Waals surface area contributed by atoms with E-state index >= 15 is 0 Å². The van der Waals surface area contributed by atoms with Crippen LogP contribution in [0.25, 0.3) is 0 Å². The Hall–Kier alpha value is -2.82. The Morgan fingerprint density at radius 2 is 1.55 bits per heavy atom. The molecule has 0 spiro atoms. The largest absolute Gasteiger partial charge is 0.469 e. The maximum absolute atomic E-state index is 13.2. The molecule has 1 fully saturated rings. The van der Waals surface area contributed by atoms with Gasteiger partial charge in [0, 0.05) is 37.6 Å². The lowest BCUT2D eigenvalue weighted by Gasteiger charge is -2.29. The average Bonchev–Trinajstić information content (AvgIpc) is 3.39. The number of ether oxygens (including phenoxy) is 1. The molecule has 0 aromatic rings. The molecule has 1 aliphatic heterocycles. The lowest BCUT2D eigenvalue weighted by molar-refractivity contribution is -0.143. The van der Waals surface area contributed by atoms with Gasteiger partial charge < -0.3 is 20.3 Å². The predicted octanol–water partition coefficient (Wildman–Crippen LogP) is 1.96. The number of alkyl halides is 1. The number of Topliss-reactive ketones (excluding diaryl/α,β-unsaturated/α-hetero) is 3. The van der Waals surface area contributed by atoms with Crippen molar-refractivity contribution >= 4 is 52.6 Å². The van der Waals surface area contributed by atoms with Gasteiger partial charge in [0.1, 0.15) is 11.8 Å². The first-order chi connectivity index (χ1) is 18.7. The SMILES string of the molecule is COC(=O)CCC(=O)C[C@@H](C)C(=O)N[C@H](C)C(=O)C[C@@H](C)C(=O)N1CCC[C@H]1C(=O)NC(CC(C)C)C(=O)CCl. The normalized spacial score (nSPS) is 17.9. The number of rotatable bonds is 17. The average molecular weight is 586 g/mol. The van der Waals surface area contributed by atoms with Gasteiger partial charge in [0.25, 0.3) is 0 Å². The second-order valence-electron chi connectivity index (χ2n) is 11.0. The Morgan fingerprint density at radius 1 is 0.900 bits per heavy atom. The first kappa shape index (κ1) is 35.2. The van der Waals surface area contributed by atoms with Gasteiger partial charge in [-0.15, -0.1) is 11.6 Å². The third-order valence-electron chi connectivity index (χ3n) is 6.97. The fourth-order valence-corrected chi connectivity index (χ4v) is 4.76. The summed E-state index contributed by atoms with van der Waals surface area (Å²) < 4.78 is 4.50. The number of nitrogens with one attached hydrogen (secondary N) is 2. The van der Waals surface area contributed by atoms with E-state index in [9.17, 15) is 33.6 Å². The molecule has 1 unspecified atom stereocenters. The summed E-state index contributed by atoms with van der Waals surface area (Å²) in [4.78, 5) is 88.4. The highest BCUT2D eigenvalue weighted by Crippen LogP contribution is 2.22. The molecule has 40 heavy (non-hydrogen) atoms. The van der Waals surface area contributed by atoms with E-state index in [1.807, 2.05) is 13.8 Å². The molecule has 0 aromatic heterocycles. The van der Waals surface area contributed by atoms with Crippen molar-refractivity contribution in [2.24, 2.45) is 17.8 Å². The number of esters is 1. The van der Waals surface area contributed by atoms with Crippen molar-refractivity contribution in [2.75, 3.05) is 19.5 Å². The summed E-state index contributed by atoms with van der Waals surface area (Å²) in [6.45, 7) is 8.90. The highest BCUT2D eigenvalue weighted by molar-refractivity contribution is 6.28. The lowest BCUT2D eigenvalue weighted by Crippen LogP contribution is -2.52. The molecule has 5 atom stereocenters. The Labute approximate surface area is 241 Å². The second kappa shape index (κ2) is 17.1. The molecule has 0 aromatic carbocycles. The molecule has 1 heterocycles. The van der Waals surface area contributed by atoms with Crippen molar-refractivity contribution in [3.8, 4) is 0 Å². The van der Waals surface area contributed by atoms with Crippen LogP contribution in [0.15, 0.2) is 0 Å². The Kier molecular flexibility index (Phi) is 15.0. The van der Waals surface area contributed by atoms with Gasteiger partial charge in [0.2, 0.25) is 17.7 Å². The monoisotopic (exact) mass is 585 g/mol. The molecule has 1 saturated heterocycles. The van der Waals surface area contributed by atoms with E-state index in [0.29, 0.717) is 25.8 Å². The minimum absolute atomic E-state index is 0.0324. The number of hydrogen-bond donors (Lipinski definition) is 2. The number of ketones is 3. The van der Waals surface area contributed by atoms with E-state index in [2.05, 4.69) is 15.4 Å². The van der Waals surface area contributed by atoms with Crippen molar-refractivity contribution < 1.29 is 38.3 Å². The highest BCUT2D eigenvalue weighted by atomic mass is 35.5. The molecular formula is C28H44ClN3O8. The summed E-state index contributed by atoms with van der Waals surface area (Å²) in [5, 5.41) is 5.35. The summed E-state index contributed by atoms with van der Waals surface area (Å²) in [5.41, 5.74) is 0.